The molecule has 0 aliphatic rings. The summed E-state index contributed by atoms with van der Waals surface area (Å²) in [6.45, 7) is 8.03. The van der Waals surface area contributed by atoms with Crippen LogP contribution in [0.25, 0.3) is 11.0 Å². The topological polar surface area (TPSA) is 154 Å². The molecule has 0 saturated carbocycles. The van der Waals surface area contributed by atoms with Gasteiger partial charge >= 0.3 is 6.09 Å². The highest BCUT2D eigenvalue weighted by atomic mass is 19.1. The second kappa shape index (κ2) is 15.4. The van der Waals surface area contributed by atoms with Crippen molar-refractivity contribution in [3.05, 3.63) is 63.9 Å². The van der Waals surface area contributed by atoms with E-state index in [1.54, 1.807) is 32.3 Å². The maximum absolute atomic E-state index is 14.7. The molecule has 0 spiro atoms. The van der Waals surface area contributed by atoms with Crippen molar-refractivity contribution < 1.29 is 23.9 Å². The number of rotatable bonds is 14. The number of carboxylic acid groups (broad SMARTS) is 1. The Kier molecular flexibility index (Phi) is 12.0. The Morgan fingerprint density at radius 3 is 2.42 bits per heavy atom. The van der Waals surface area contributed by atoms with Crippen molar-refractivity contribution in [1.82, 2.24) is 29.3 Å². The minimum atomic E-state index is -1.19. The summed E-state index contributed by atoms with van der Waals surface area (Å²) in [5.74, 6) is -1.21. The van der Waals surface area contributed by atoms with Crippen LogP contribution in [0.1, 0.15) is 57.7 Å². The summed E-state index contributed by atoms with van der Waals surface area (Å²) in [6, 6.07) is 3.31. The lowest BCUT2D eigenvalue weighted by Gasteiger charge is -2.22. The third-order valence-corrected chi connectivity index (χ3v) is 7.23. The zero-order chi connectivity index (χ0) is 33.4. The number of hydrogen-bond donors (Lipinski definition) is 3. The Labute approximate surface area is 262 Å². The zero-order valence-corrected chi connectivity index (χ0v) is 27.1. The van der Waals surface area contributed by atoms with Crippen molar-refractivity contribution in [3.63, 3.8) is 0 Å². The van der Waals surface area contributed by atoms with Crippen LogP contribution in [-0.2, 0) is 29.0 Å². The summed E-state index contributed by atoms with van der Waals surface area (Å²) in [7, 11) is 4.61. The maximum Gasteiger partial charge on any atom is 0.407 e. The lowest BCUT2D eigenvalue weighted by Crippen LogP contribution is -2.38. The number of aromatic nitrogens is 4. The molecule has 3 heterocycles. The molecule has 0 bridgehead atoms. The predicted molar refractivity (Wildman–Crippen MR) is 171 cm³/mol. The molecule has 0 aromatic carbocycles. The van der Waals surface area contributed by atoms with Crippen molar-refractivity contribution >= 4 is 34.6 Å². The van der Waals surface area contributed by atoms with E-state index in [9.17, 15) is 28.7 Å². The van der Waals surface area contributed by atoms with Gasteiger partial charge in [-0.3, -0.25) is 19.4 Å². The molecule has 1 atom stereocenters. The van der Waals surface area contributed by atoms with E-state index in [0.29, 0.717) is 42.0 Å². The molecule has 3 aromatic rings. The molecule has 0 aliphatic carbocycles. The van der Waals surface area contributed by atoms with Crippen LogP contribution in [0.3, 0.4) is 0 Å². The molecule has 3 aromatic heterocycles. The minimum absolute atomic E-state index is 0.00964. The first-order chi connectivity index (χ1) is 21.2. The van der Waals surface area contributed by atoms with Gasteiger partial charge in [-0.15, -0.1) is 0 Å². The number of H-pyrrole nitrogens is 1. The monoisotopic (exact) mass is 625 g/mol. The Morgan fingerprint density at radius 2 is 1.80 bits per heavy atom. The van der Waals surface area contributed by atoms with E-state index in [-0.39, 0.29) is 48.5 Å². The Balaban J connectivity index is 1.94. The fraction of sp³-hybridized carbons (Fsp3) is 0.500. The average molecular weight is 626 g/mol. The van der Waals surface area contributed by atoms with Gasteiger partial charge in [-0.2, -0.15) is 0 Å². The standard InChI is InChI=1S/C32H44FN7O5/c1-19(2)14-22-12-13-24(35-30(42)21(17-39(7)32(44)45)10-8-9-11-27(41)38(5)6)31(43)40(22)18-26-36-28-23(33)16-34-25(15-20(3)4)29(28)37-26/h9,11-13,16,19-21H,8,10,14-15,17-18H2,1-7H3,(H,35,42)(H,36,37)(H,44,45)/b11-9+/t21-/m0/s1. The van der Waals surface area contributed by atoms with Crippen LogP contribution in [-0.4, -0.2) is 80.0 Å². The van der Waals surface area contributed by atoms with Crippen molar-refractivity contribution in [3.8, 4) is 0 Å². The number of amides is 3. The molecule has 3 rings (SSSR count). The first kappa shape index (κ1) is 34.9. The van der Waals surface area contributed by atoms with Gasteiger partial charge in [0.15, 0.2) is 5.82 Å². The van der Waals surface area contributed by atoms with Crippen LogP contribution in [0.15, 0.2) is 35.3 Å². The first-order valence-corrected chi connectivity index (χ1v) is 15.0. The summed E-state index contributed by atoms with van der Waals surface area (Å²) in [6.07, 6.45) is 4.78. The number of pyridine rings is 2. The number of aromatic amines is 1. The Bertz CT molecular complexity index is 1610. The van der Waals surface area contributed by atoms with Gasteiger partial charge < -0.3 is 29.8 Å². The second-order valence-corrected chi connectivity index (χ2v) is 12.3. The van der Waals surface area contributed by atoms with Gasteiger partial charge in [0.2, 0.25) is 11.8 Å². The second-order valence-electron chi connectivity index (χ2n) is 12.3. The van der Waals surface area contributed by atoms with E-state index in [0.717, 1.165) is 11.1 Å². The third-order valence-electron chi connectivity index (χ3n) is 7.23. The summed E-state index contributed by atoms with van der Waals surface area (Å²) in [5.41, 5.74) is 1.61. The number of nitrogens with one attached hydrogen (secondary N) is 2. The number of anilines is 1. The molecular formula is C32H44FN7O5. The number of nitrogens with zero attached hydrogens (tertiary/aromatic N) is 5. The van der Waals surface area contributed by atoms with Gasteiger partial charge in [-0.1, -0.05) is 33.8 Å². The number of likely N-dealkylation sites (N-methyl/N-ethyl adjacent to an activating group) is 1. The number of imidazole rings is 1. The van der Waals surface area contributed by atoms with Gasteiger partial charge in [0, 0.05) is 33.4 Å². The van der Waals surface area contributed by atoms with E-state index >= 15 is 0 Å². The Morgan fingerprint density at radius 1 is 1.11 bits per heavy atom. The van der Waals surface area contributed by atoms with Crippen molar-refractivity contribution in [2.75, 3.05) is 33.0 Å². The fourth-order valence-electron chi connectivity index (χ4n) is 4.89. The summed E-state index contributed by atoms with van der Waals surface area (Å²) >= 11 is 0. The highest BCUT2D eigenvalue weighted by Gasteiger charge is 2.24. The molecule has 0 aliphatic heterocycles. The zero-order valence-electron chi connectivity index (χ0n) is 27.1. The fourth-order valence-corrected chi connectivity index (χ4v) is 4.89. The molecule has 0 radical (unpaired) electrons. The Hall–Kier alpha value is -4.55. The van der Waals surface area contributed by atoms with Gasteiger partial charge in [0.05, 0.1) is 29.9 Å². The molecule has 3 amide bonds. The van der Waals surface area contributed by atoms with Crippen LogP contribution in [0.4, 0.5) is 14.9 Å². The highest BCUT2D eigenvalue weighted by molar-refractivity contribution is 5.93. The van der Waals surface area contributed by atoms with Gasteiger partial charge in [-0.05, 0) is 55.7 Å². The summed E-state index contributed by atoms with van der Waals surface area (Å²) in [5, 5.41) is 12.1. The average Bonchev–Trinajstić information content (AvgIpc) is 3.39. The largest absolute Gasteiger partial charge is 0.465 e. The molecule has 244 valence electrons. The van der Waals surface area contributed by atoms with Gasteiger partial charge in [0.25, 0.3) is 5.56 Å². The number of halogens is 1. The lowest BCUT2D eigenvalue weighted by atomic mass is 10.0. The van der Waals surface area contributed by atoms with Crippen molar-refractivity contribution in [1.29, 1.82) is 0 Å². The molecule has 0 fully saturated rings. The molecule has 0 unspecified atom stereocenters. The molecular weight excluding hydrogens is 581 g/mol. The van der Waals surface area contributed by atoms with Gasteiger partial charge in [-0.25, -0.2) is 14.2 Å². The van der Waals surface area contributed by atoms with E-state index < -0.39 is 29.3 Å². The number of hydrogen-bond acceptors (Lipinski definition) is 6. The van der Waals surface area contributed by atoms with Crippen molar-refractivity contribution in [2.24, 2.45) is 17.8 Å². The summed E-state index contributed by atoms with van der Waals surface area (Å²) in [4.78, 5) is 64.9. The number of carbonyl (C=O) groups excluding carboxylic acids is 2. The van der Waals surface area contributed by atoms with Crippen LogP contribution in [0, 0.1) is 23.6 Å². The maximum atomic E-state index is 14.7. The van der Waals surface area contributed by atoms with Crippen molar-refractivity contribution in [2.45, 2.75) is 59.9 Å². The normalized spacial score (nSPS) is 12.3. The first-order valence-electron chi connectivity index (χ1n) is 15.0. The quantitative estimate of drug-likeness (QED) is 0.226. The van der Waals surface area contributed by atoms with Gasteiger partial charge in [0.1, 0.15) is 17.0 Å². The highest BCUT2D eigenvalue weighted by Crippen LogP contribution is 2.21. The lowest BCUT2D eigenvalue weighted by molar-refractivity contribution is -0.123. The van der Waals surface area contributed by atoms with Crippen LogP contribution >= 0.6 is 0 Å². The molecule has 3 N–H and O–H groups in total. The van der Waals surface area contributed by atoms with E-state index in [4.69, 9.17) is 0 Å². The van der Waals surface area contributed by atoms with Crippen LogP contribution in [0.5, 0.6) is 0 Å². The third kappa shape index (κ3) is 9.47. The smallest absolute Gasteiger partial charge is 0.407 e. The molecule has 45 heavy (non-hydrogen) atoms. The van der Waals surface area contributed by atoms with E-state index in [1.807, 2.05) is 27.7 Å². The molecule has 0 saturated heterocycles. The summed E-state index contributed by atoms with van der Waals surface area (Å²) < 4.78 is 16.2. The molecule has 12 nitrogen and oxygen atoms in total. The molecule has 13 heteroatoms. The predicted octanol–water partition coefficient (Wildman–Crippen LogP) is 4.29. The van der Waals surface area contributed by atoms with Crippen LogP contribution in [0.2, 0.25) is 0 Å². The van der Waals surface area contributed by atoms with E-state index in [2.05, 4.69) is 20.3 Å². The van der Waals surface area contributed by atoms with Crippen LogP contribution < -0.4 is 10.9 Å². The number of fused-ring (bicyclic) bond motifs is 1. The SMILES string of the molecule is CC(C)Cc1ncc(F)c2nc(Cn3c(CC(C)C)ccc(NC(=O)[C@@H](CC/C=C/C(=O)N(C)C)CN(C)C(=O)O)c3=O)[nH]c12. The minimum Gasteiger partial charge on any atom is -0.465 e. The van der Waals surface area contributed by atoms with E-state index in [1.165, 1.54) is 22.6 Å². The number of carbonyl (C=O) groups is 3. The number of allylic oxidation sites excluding steroid dienone is 1.